The van der Waals surface area contributed by atoms with Gasteiger partial charge < -0.3 is 5.73 Å². The van der Waals surface area contributed by atoms with Crippen molar-refractivity contribution in [3.63, 3.8) is 0 Å². The van der Waals surface area contributed by atoms with Gasteiger partial charge in [0.1, 0.15) is 0 Å². The number of nitrogens with zero attached hydrogens (tertiary/aromatic N) is 1. The summed E-state index contributed by atoms with van der Waals surface area (Å²) in [6.45, 7) is 4.32. The van der Waals surface area contributed by atoms with Gasteiger partial charge >= 0.3 is 0 Å². The molecule has 0 aromatic carbocycles. The van der Waals surface area contributed by atoms with Gasteiger partial charge in [-0.1, -0.05) is 32.6 Å². The molecule has 2 heteroatoms. The molecule has 0 aromatic rings. The van der Waals surface area contributed by atoms with Gasteiger partial charge in [-0.15, -0.1) is 0 Å². The minimum Gasteiger partial charge on any atom is -0.329 e. The van der Waals surface area contributed by atoms with E-state index in [0.29, 0.717) is 0 Å². The molecule has 2 aliphatic rings. The predicted molar refractivity (Wildman–Crippen MR) is 78.7 cm³/mol. The minimum absolute atomic E-state index is 0.838. The van der Waals surface area contributed by atoms with Crippen LogP contribution in [0.5, 0.6) is 0 Å². The monoisotopic (exact) mass is 252 g/mol. The minimum atomic E-state index is 0.838. The molecule has 0 saturated heterocycles. The topological polar surface area (TPSA) is 29.3 Å². The molecule has 2 saturated carbocycles. The van der Waals surface area contributed by atoms with Crippen LogP contribution in [0.25, 0.3) is 0 Å². The highest BCUT2D eigenvalue weighted by molar-refractivity contribution is 4.85. The fourth-order valence-electron chi connectivity index (χ4n) is 4.11. The van der Waals surface area contributed by atoms with Gasteiger partial charge in [-0.05, 0) is 44.4 Å². The lowest BCUT2D eigenvalue weighted by Gasteiger charge is -2.42. The SMILES string of the molecule is CCC1CCC(N(CCN)C2CCCCC2)CC1. The molecule has 0 heterocycles. The molecule has 0 amide bonds. The van der Waals surface area contributed by atoms with Crippen LogP contribution in [0.3, 0.4) is 0 Å². The third-order valence-corrected chi connectivity index (χ3v) is 5.29. The van der Waals surface area contributed by atoms with Gasteiger partial charge in [0.15, 0.2) is 0 Å². The highest BCUT2D eigenvalue weighted by Crippen LogP contribution is 2.33. The standard InChI is InChI=1S/C16H32N2/c1-2-14-8-10-16(11-9-14)18(13-12-17)15-6-4-3-5-7-15/h14-16H,2-13,17H2,1H3. The van der Waals surface area contributed by atoms with Gasteiger partial charge in [0.25, 0.3) is 0 Å². The third kappa shape index (κ3) is 3.71. The molecule has 2 fully saturated rings. The maximum absolute atomic E-state index is 5.85. The maximum atomic E-state index is 5.85. The van der Waals surface area contributed by atoms with Gasteiger partial charge in [-0.25, -0.2) is 0 Å². The summed E-state index contributed by atoms with van der Waals surface area (Å²) in [5.74, 6) is 1.01. The van der Waals surface area contributed by atoms with Crippen molar-refractivity contribution >= 4 is 0 Å². The molecule has 18 heavy (non-hydrogen) atoms. The molecule has 0 bridgehead atoms. The van der Waals surface area contributed by atoms with E-state index in [1.807, 2.05) is 0 Å². The van der Waals surface area contributed by atoms with Crippen LogP contribution in [0.2, 0.25) is 0 Å². The fourth-order valence-corrected chi connectivity index (χ4v) is 4.11. The smallest absolute Gasteiger partial charge is 0.0110 e. The van der Waals surface area contributed by atoms with Crippen molar-refractivity contribution in [2.24, 2.45) is 11.7 Å². The lowest BCUT2D eigenvalue weighted by Crippen LogP contribution is -2.47. The summed E-state index contributed by atoms with van der Waals surface area (Å²) < 4.78 is 0. The lowest BCUT2D eigenvalue weighted by molar-refractivity contribution is 0.0730. The van der Waals surface area contributed by atoms with Crippen LogP contribution >= 0.6 is 0 Å². The third-order valence-electron chi connectivity index (χ3n) is 5.29. The Balaban J connectivity index is 1.88. The average Bonchev–Trinajstić information content (AvgIpc) is 2.46. The Hall–Kier alpha value is -0.0800. The van der Waals surface area contributed by atoms with Crippen molar-refractivity contribution in [1.29, 1.82) is 0 Å². The molecular weight excluding hydrogens is 220 g/mol. The van der Waals surface area contributed by atoms with E-state index in [1.165, 1.54) is 64.2 Å². The maximum Gasteiger partial charge on any atom is 0.0110 e. The van der Waals surface area contributed by atoms with E-state index in [4.69, 9.17) is 5.73 Å². The molecule has 2 N–H and O–H groups in total. The molecule has 2 aliphatic carbocycles. The Morgan fingerprint density at radius 2 is 1.50 bits per heavy atom. The molecule has 0 unspecified atom stereocenters. The van der Waals surface area contributed by atoms with Crippen LogP contribution < -0.4 is 5.73 Å². The Kier molecular flexibility index (Phi) is 5.97. The van der Waals surface area contributed by atoms with E-state index in [9.17, 15) is 0 Å². The molecule has 0 spiro atoms. The zero-order chi connectivity index (χ0) is 12.8. The summed E-state index contributed by atoms with van der Waals surface area (Å²) in [6.07, 6.45) is 14.3. The van der Waals surface area contributed by atoms with E-state index < -0.39 is 0 Å². The average molecular weight is 252 g/mol. The molecular formula is C16H32N2. The van der Waals surface area contributed by atoms with Gasteiger partial charge in [-0.2, -0.15) is 0 Å². The normalized spacial score (nSPS) is 30.8. The van der Waals surface area contributed by atoms with Crippen LogP contribution in [0.1, 0.15) is 71.1 Å². The van der Waals surface area contributed by atoms with Gasteiger partial charge in [0.05, 0.1) is 0 Å². The second-order valence-electron chi connectivity index (χ2n) is 6.40. The second kappa shape index (κ2) is 7.49. The van der Waals surface area contributed by atoms with Crippen molar-refractivity contribution in [2.75, 3.05) is 13.1 Å². The van der Waals surface area contributed by atoms with Crippen LogP contribution in [-0.2, 0) is 0 Å². The summed E-state index contributed by atoms with van der Waals surface area (Å²) >= 11 is 0. The first kappa shape index (κ1) is 14.3. The zero-order valence-corrected chi connectivity index (χ0v) is 12.2. The highest BCUT2D eigenvalue weighted by Gasteiger charge is 2.29. The lowest BCUT2D eigenvalue weighted by atomic mass is 9.82. The van der Waals surface area contributed by atoms with Crippen LogP contribution in [0.4, 0.5) is 0 Å². The highest BCUT2D eigenvalue weighted by atomic mass is 15.2. The molecule has 106 valence electrons. The van der Waals surface area contributed by atoms with E-state index >= 15 is 0 Å². The summed E-state index contributed by atoms with van der Waals surface area (Å²) in [5, 5.41) is 0. The van der Waals surface area contributed by atoms with Crippen LogP contribution in [0.15, 0.2) is 0 Å². The molecule has 0 radical (unpaired) electrons. The Morgan fingerprint density at radius 1 is 0.889 bits per heavy atom. The Bertz CT molecular complexity index is 215. The van der Waals surface area contributed by atoms with Crippen molar-refractivity contribution in [2.45, 2.75) is 83.2 Å². The van der Waals surface area contributed by atoms with Crippen LogP contribution in [0, 0.1) is 5.92 Å². The van der Waals surface area contributed by atoms with E-state index in [1.54, 1.807) is 0 Å². The number of rotatable bonds is 5. The van der Waals surface area contributed by atoms with Crippen molar-refractivity contribution in [3.8, 4) is 0 Å². The molecule has 0 atom stereocenters. The largest absolute Gasteiger partial charge is 0.329 e. The zero-order valence-electron chi connectivity index (χ0n) is 12.2. The quantitative estimate of drug-likeness (QED) is 0.811. The first-order chi connectivity index (χ1) is 8.85. The van der Waals surface area contributed by atoms with Gasteiger partial charge in [0.2, 0.25) is 0 Å². The Labute approximate surface area is 113 Å². The second-order valence-corrected chi connectivity index (χ2v) is 6.40. The summed E-state index contributed by atoms with van der Waals surface area (Å²) in [7, 11) is 0. The first-order valence-electron chi connectivity index (χ1n) is 8.31. The fraction of sp³-hybridized carbons (Fsp3) is 1.00. The van der Waals surface area contributed by atoms with Crippen molar-refractivity contribution in [1.82, 2.24) is 4.90 Å². The van der Waals surface area contributed by atoms with Gasteiger partial charge in [0, 0.05) is 25.2 Å². The van der Waals surface area contributed by atoms with E-state index in [2.05, 4.69) is 11.8 Å². The van der Waals surface area contributed by atoms with E-state index in [-0.39, 0.29) is 0 Å². The Morgan fingerprint density at radius 3 is 2.06 bits per heavy atom. The summed E-state index contributed by atoms with van der Waals surface area (Å²) in [5.41, 5.74) is 5.85. The first-order valence-corrected chi connectivity index (χ1v) is 8.31. The number of nitrogens with two attached hydrogens (primary N) is 1. The van der Waals surface area contributed by atoms with Crippen molar-refractivity contribution < 1.29 is 0 Å². The molecule has 2 rings (SSSR count). The van der Waals surface area contributed by atoms with E-state index in [0.717, 1.165) is 31.1 Å². The van der Waals surface area contributed by atoms with Crippen molar-refractivity contribution in [3.05, 3.63) is 0 Å². The molecule has 2 nitrogen and oxygen atoms in total. The van der Waals surface area contributed by atoms with Gasteiger partial charge in [-0.3, -0.25) is 4.90 Å². The molecule has 0 aliphatic heterocycles. The summed E-state index contributed by atoms with van der Waals surface area (Å²) in [6, 6.07) is 1.70. The number of hydrogen-bond acceptors (Lipinski definition) is 2. The van der Waals surface area contributed by atoms with Crippen LogP contribution in [-0.4, -0.2) is 30.1 Å². The number of hydrogen-bond donors (Lipinski definition) is 1. The predicted octanol–water partition coefficient (Wildman–Crippen LogP) is 3.55. The summed E-state index contributed by atoms with van der Waals surface area (Å²) in [4.78, 5) is 2.80. The molecule has 0 aromatic heterocycles.